The minimum Gasteiger partial charge on any atom is -0.346 e. The molecule has 0 spiro atoms. The third-order valence-electron chi connectivity index (χ3n) is 5.23. The molecule has 0 aromatic carbocycles. The number of amides is 1. The first-order valence-electron chi connectivity index (χ1n) is 9.40. The minimum atomic E-state index is -2.61. The Labute approximate surface area is 164 Å². The molecule has 3 aromatic rings. The van der Waals surface area contributed by atoms with Gasteiger partial charge in [0.25, 0.3) is 12.3 Å². The maximum Gasteiger partial charge on any atom is 0.255 e. The second-order valence-corrected chi connectivity index (χ2v) is 7.31. The fourth-order valence-electron chi connectivity index (χ4n) is 3.60. The molecule has 148 valence electrons. The first-order chi connectivity index (χ1) is 14.0. The van der Waals surface area contributed by atoms with Crippen molar-refractivity contribution in [3.63, 3.8) is 0 Å². The number of nitrogens with one attached hydrogen (secondary N) is 1. The number of fused-ring (bicyclic) bond motifs is 2. The molecule has 1 fully saturated rings. The van der Waals surface area contributed by atoms with Crippen molar-refractivity contribution >= 4 is 17.0 Å². The van der Waals surface area contributed by atoms with E-state index in [0.717, 1.165) is 41.1 Å². The van der Waals surface area contributed by atoms with Gasteiger partial charge in [-0.3, -0.25) is 4.79 Å². The average Bonchev–Trinajstić information content (AvgIpc) is 3.40. The molecule has 2 aliphatic carbocycles. The summed E-state index contributed by atoms with van der Waals surface area (Å²) in [4.78, 5) is 21.4. The van der Waals surface area contributed by atoms with Crippen LogP contribution in [-0.4, -0.2) is 38.5 Å². The number of nitrogens with zero attached hydrogens (tertiary/aromatic N) is 4. The number of hydrogen-bond acceptors (Lipinski definition) is 5. The number of hydrogen-bond donors (Lipinski definition) is 2. The van der Waals surface area contributed by atoms with Gasteiger partial charge in [0.15, 0.2) is 0 Å². The number of pyridine rings is 1. The van der Waals surface area contributed by atoms with E-state index in [1.807, 2.05) is 18.3 Å². The summed E-state index contributed by atoms with van der Waals surface area (Å²) < 4.78 is 26.4. The van der Waals surface area contributed by atoms with Gasteiger partial charge in [0, 0.05) is 23.9 Å². The summed E-state index contributed by atoms with van der Waals surface area (Å²) in [7, 11) is 0. The Balaban J connectivity index is 1.51. The fraction of sp³-hybridized carbons (Fsp3) is 0.300. The lowest BCUT2D eigenvalue weighted by atomic mass is 10.0. The molecule has 2 aliphatic rings. The third kappa shape index (κ3) is 3.17. The largest absolute Gasteiger partial charge is 0.346 e. The van der Waals surface area contributed by atoms with Crippen LogP contribution in [0, 0.1) is 0 Å². The molecule has 29 heavy (non-hydrogen) atoms. The van der Waals surface area contributed by atoms with Crippen molar-refractivity contribution in [3.05, 3.63) is 65.0 Å². The van der Waals surface area contributed by atoms with Crippen molar-refractivity contribution in [2.45, 2.75) is 31.2 Å². The highest BCUT2D eigenvalue weighted by Crippen LogP contribution is 2.41. The van der Waals surface area contributed by atoms with Gasteiger partial charge in [-0.1, -0.05) is 6.08 Å². The van der Waals surface area contributed by atoms with Crippen molar-refractivity contribution < 1.29 is 13.6 Å². The summed E-state index contributed by atoms with van der Waals surface area (Å²) in [6.07, 6.45) is 6.44. The van der Waals surface area contributed by atoms with E-state index in [1.54, 1.807) is 12.3 Å². The minimum absolute atomic E-state index is 0.232. The quantitative estimate of drug-likeness (QED) is 0.690. The van der Waals surface area contributed by atoms with Gasteiger partial charge in [0.2, 0.25) is 0 Å². The first kappa shape index (κ1) is 17.9. The number of halogens is 2. The van der Waals surface area contributed by atoms with Crippen LogP contribution in [0.2, 0.25) is 0 Å². The van der Waals surface area contributed by atoms with Gasteiger partial charge in [0.1, 0.15) is 5.82 Å². The molecule has 0 aliphatic heterocycles. The molecule has 9 heteroatoms. The predicted molar refractivity (Wildman–Crippen MR) is 102 cm³/mol. The Kier molecular flexibility index (Phi) is 4.13. The normalized spacial score (nSPS) is 18.2. The molecule has 1 amide bonds. The van der Waals surface area contributed by atoms with Crippen molar-refractivity contribution in [2.24, 2.45) is 5.73 Å². The van der Waals surface area contributed by atoms with Crippen molar-refractivity contribution in [3.8, 4) is 0 Å². The summed E-state index contributed by atoms with van der Waals surface area (Å²) in [6.45, 7) is -0.704. The van der Waals surface area contributed by atoms with Gasteiger partial charge in [-0.05, 0) is 36.1 Å². The Morgan fingerprint density at radius 3 is 2.93 bits per heavy atom. The molecular formula is C20H18F2N6O. The van der Waals surface area contributed by atoms with E-state index in [1.165, 1.54) is 10.7 Å². The van der Waals surface area contributed by atoms with Crippen LogP contribution in [0.4, 0.5) is 8.78 Å². The van der Waals surface area contributed by atoms with Gasteiger partial charge in [0.05, 0.1) is 35.6 Å². The summed E-state index contributed by atoms with van der Waals surface area (Å²) >= 11 is 0. The lowest BCUT2D eigenvalue weighted by Crippen LogP contribution is -2.28. The van der Waals surface area contributed by atoms with Crippen LogP contribution in [0.3, 0.4) is 0 Å². The van der Waals surface area contributed by atoms with E-state index < -0.39 is 18.9 Å². The molecule has 0 unspecified atom stereocenters. The van der Waals surface area contributed by atoms with E-state index in [9.17, 15) is 13.6 Å². The predicted octanol–water partition coefficient (Wildman–Crippen LogP) is 2.44. The van der Waals surface area contributed by atoms with Gasteiger partial charge < -0.3 is 11.1 Å². The summed E-state index contributed by atoms with van der Waals surface area (Å²) in [5.74, 6) is 0.694. The van der Waals surface area contributed by atoms with E-state index in [2.05, 4.69) is 20.4 Å². The van der Waals surface area contributed by atoms with E-state index in [4.69, 9.17) is 5.73 Å². The molecule has 3 heterocycles. The first-order valence-corrected chi connectivity index (χ1v) is 9.40. The highest BCUT2D eigenvalue weighted by Gasteiger charge is 2.30. The molecular weight excluding hydrogens is 378 g/mol. The lowest BCUT2D eigenvalue weighted by Gasteiger charge is -2.08. The van der Waals surface area contributed by atoms with Crippen LogP contribution in [0.15, 0.2) is 36.8 Å². The number of carbonyl (C=O) groups excluding carboxylic acids is 1. The van der Waals surface area contributed by atoms with Crippen LogP contribution >= 0.6 is 0 Å². The van der Waals surface area contributed by atoms with Crippen LogP contribution in [0.5, 0.6) is 0 Å². The molecule has 0 bridgehead atoms. The maximum atomic E-state index is 12.4. The number of nitrogens with two attached hydrogens (primary N) is 1. The molecule has 0 saturated heterocycles. The summed E-state index contributed by atoms with van der Waals surface area (Å²) in [5.41, 5.74) is 10.4. The average molecular weight is 396 g/mol. The zero-order chi connectivity index (χ0) is 20.1. The topological polar surface area (TPSA) is 98.2 Å². The summed E-state index contributed by atoms with van der Waals surface area (Å²) in [5, 5.41) is 6.35. The van der Waals surface area contributed by atoms with Crippen molar-refractivity contribution in [1.82, 2.24) is 24.9 Å². The molecule has 7 nitrogen and oxygen atoms in total. The molecule has 5 rings (SSSR count). The van der Waals surface area contributed by atoms with Gasteiger partial charge >= 0.3 is 0 Å². The van der Waals surface area contributed by atoms with Crippen LogP contribution in [0.25, 0.3) is 11.1 Å². The zero-order valence-corrected chi connectivity index (χ0v) is 15.3. The smallest absolute Gasteiger partial charge is 0.255 e. The molecule has 3 N–H and O–H groups in total. The van der Waals surface area contributed by atoms with Crippen LogP contribution in [-0.2, 0) is 0 Å². The zero-order valence-electron chi connectivity index (χ0n) is 15.3. The SMILES string of the molecule is N[C@H]1C=C(c2ccn3ncc(C(=O)NCC(F)F)c3c2)c2cnc(C3CC3)nc21. The van der Waals surface area contributed by atoms with Gasteiger partial charge in [-0.25, -0.2) is 23.3 Å². The summed E-state index contributed by atoms with van der Waals surface area (Å²) in [6, 6.07) is 3.34. The maximum absolute atomic E-state index is 12.4. The third-order valence-corrected chi connectivity index (χ3v) is 5.23. The Morgan fingerprint density at radius 2 is 2.17 bits per heavy atom. The molecule has 1 atom stereocenters. The number of aromatic nitrogens is 4. The number of alkyl halides is 2. The second kappa shape index (κ2) is 6.70. The van der Waals surface area contributed by atoms with E-state index >= 15 is 0 Å². The van der Waals surface area contributed by atoms with E-state index in [-0.39, 0.29) is 11.6 Å². The lowest BCUT2D eigenvalue weighted by molar-refractivity contribution is 0.0893. The molecule has 1 saturated carbocycles. The van der Waals surface area contributed by atoms with Crippen molar-refractivity contribution in [2.75, 3.05) is 6.54 Å². The molecule has 0 radical (unpaired) electrons. The number of carbonyl (C=O) groups is 1. The Morgan fingerprint density at radius 1 is 1.34 bits per heavy atom. The highest BCUT2D eigenvalue weighted by molar-refractivity contribution is 6.01. The number of rotatable bonds is 5. The molecule has 3 aromatic heterocycles. The highest BCUT2D eigenvalue weighted by atomic mass is 19.3. The van der Waals surface area contributed by atoms with Crippen LogP contribution < -0.4 is 11.1 Å². The van der Waals surface area contributed by atoms with Gasteiger partial charge in [-0.15, -0.1) is 0 Å². The fourth-order valence-corrected chi connectivity index (χ4v) is 3.60. The monoisotopic (exact) mass is 396 g/mol. The standard InChI is InChI=1S/C20H18F2N6O/c21-17(22)9-25-20(29)14-8-26-28-4-3-11(5-16(14)28)12-6-15(23)18-13(12)7-24-19(27-18)10-1-2-10/h3-8,10,15,17H,1-2,9,23H2,(H,25,29)/t15-/m0/s1. The Bertz CT molecular complexity index is 1150. The van der Waals surface area contributed by atoms with Crippen LogP contribution in [0.1, 0.15) is 57.8 Å². The Hall–Kier alpha value is -3.20. The van der Waals surface area contributed by atoms with Gasteiger partial charge in [-0.2, -0.15) is 5.10 Å². The second-order valence-electron chi connectivity index (χ2n) is 7.31. The van der Waals surface area contributed by atoms with Crippen molar-refractivity contribution in [1.29, 1.82) is 0 Å². The van der Waals surface area contributed by atoms with E-state index in [0.29, 0.717) is 11.4 Å².